The minimum absolute atomic E-state index is 0.100. The van der Waals surface area contributed by atoms with E-state index in [4.69, 9.17) is 0 Å². The quantitative estimate of drug-likeness (QED) is 0.546. The first-order valence-electron chi connectivity index (χ1n) is 6.60. The summed E-state index contributed by atoms with van der Waals surface area (Å²) in [6, 6.07) is 18.2. The molecule has 0 saturated carbocycles. The lowest BCUT2D eigenvalue weighted by molar-refractivity contribution is 0.454. The largest absolute Gasteiger partial charge is 0.508 e. The molecule has 104 valence electrons. The van der Waals surface area contributed by atoms with E-state index in [1.54, 1.807) is 0 Å². The number of azo groups is 1. The summed E-state index contributed by atoms with van der Waals surface area (Å²) in [6.45, 7) is 0.212. The summed E-state index contributed by atoms with van der Waals surface area (Å²) in [5.41, 5.74) is 1.33. The van der Waals surface area contributed by atoms with Crippen LogP contribution in [0.5, 0.6) is 11.5 Å². The number of hydrogen-bond donors (Lipinski definition) is 2. The van der Waals surface area contributed by atoms with E-state index in [9.17, 15) is 10.2 Å². The molecular formula is C17H14N2O2. The van der Waals surface area contributed by atoms with Crippen LogP contribution in [0.4, 0.5) is 5.69 Å². The van der Waals surface area contributed by atoms with Gasteiger partial charge in [0.1, 0.15) is 11.5 Å². The van der Waals surface area contributed by atoms with Gasteiger partial charge in [0.25, 0.3) is 0 Å². The summed E-state index contributed by atoms with van der Waals surface area (Å²) in [7, 11) is 0. The van der Waals surface area contributed by atoms with Crippen molar-refractivity contribution in [3.8, 4) is 11.5 Å². The molecule has 4 nitrogen and oxygen atoms in total. The Labute approximate surface area is 122 Å². The van der Waals surface area contributed by atoms with E-state index in [1.165, 1.54) is 18.2 Å². The molecule has 2 N–H and O–H groups in total. The number of benzene rings is 3. The Morgan fingerprint density at radius 1 is 0.857 bits per heavy atom. The fourth-order valence-electron chi connectivity index (χ4n) is 2.18. The second kappa shape index (κ2) is 5.63. The van der Waals surface area contributed by atoms with Gasteiger partial charge in [0.15, 0.2) is 0 Å². The van der Waals surface area contributed by atoms with E-state index in [-0.39, 0.29) is 18.0 Å². The Morgan fingerprint density at radius 2 is 1.67 bits per heavy atom. The van der Waals surface area contributed by atoms with Crippen molar-refractivity contribution in [1.29, 1.82) is 0 Å². The predicted octanol–water partition coefficient (Wildman–Crippen LogP) is 4.53. The van der Waals surface area contributed by atoms with Crippen LogP contribution in [0.2, 0.25) is 0 Å². The van der Waals surface area contributed by atoms with Crippen molar-refractivity contribution in [2.24, 2.45) is 10.2 Å². The fraction of sp³-hybridized carbons (Fsp3) is 0.0588. The first kappa shape index (κ1) is 13.1. The molecule has 0 aliphatic carbocycles. The van der Waals surface area contributed by atoms with Crippen LogP contribution in [0.25, 0.3) is 10.8 Å². The van der Waals surface area contributed by atoms with Crippen LogP contribution < -0.4 is 0 Å². The lowest BCUT2D eigenvalue weighted by Gasteiger charge is -2.02. The molecule has 0 aliphatic rings. The molecule has 3 aromatic carbocycles. The molecule has 0 heterocycles. The number of nitrogens with zero attached hydrogens (tertiary/aromatic N) is 2. The molecule has 0 fully saturated rings. The number of phenolic OH excluding ortho intramolecular Hbond substituents is 2. The van der Waals surface area contributed by atoms with Crippen molar-refractivity contribution < 1.29 is 10.2 Å². The average Bonchev–Trinajstić information content (AvgIpc) is 2.51. The summed E-state index contributed by atoms with van der Waals surface area (Å²) >= 11 is 0. The van der Waals surface area contributed by atoms with Crippen molar-refractivity contribution in [2.45, 2.75) is 6.54 Å². The summed E-state index contributed by atoms with van der Waals surface area (Å²) in [4.78, 5) is 0. The molecule has 0 bridgehead atoms. The second-order valence-corrected chi connectivity index (χ2v) is 4.71. The van der Waals surface area contributed by atoms with Gasteiger partial charge in [-0.25, -0.2) is 0 Å². The smallest absolute Gasteiger partial charge is 0.120 e. The highest BCUT2D eigenvalue weighted by atomic mass is 16.3. The van der Waals surface area contributed by atoms with Gasteiger partial charge in [0.05, 0.1) is 12.2 Å². The maximum atomic E-state index is 9.69. The molecular weight excluding hydrogens is 264 g/mol. The van der Waals surface area contributed by atoms with Crippen LogP contribution >= 0.6 is 0 Å². The predicted molar refractivity (Wildman–Crippen MR) is 81.9 cm³/mol. The minimum Gasteiger partial charge on any atom is -0.508 e. The van der Waals surface area contributed by atoms with E-state index < -0.39 is 0 Å². The molecule has 21 heavy (non-hydrogen) atoms. The van der Waals surface area contributed by atoms with Gasteiger partial charge in [-0.15, -0.1) is 0 Å². The summed E-state index contributed by atoms with van der Waals surface area (Å²) in [5, 5.41) is 29.6. The van der Waals surface area contributed by atoms with Gasteiger partial charge in [-0.3, -0.25) is 0 Å². The minimum atomic E-state index is 0.100. The lowest BCUT2D eigenvalue weighted by Crippen LogP contribution is -1.82. The van der Waals surface area contributed by atoms with E-state index >= 15 is 0 Å². The fourth-order valence-corrected chi connectivity index (χ4v) is 2.18. The van der Waals surface area contributed by atoms with Crippen molar-refractivity contribution >= 4 is 16.5 Å². The maximum Gasteiger partial charge on any atom is 0.120 e. The van der Waals surface area contributed by atoms with Crippen LogP contribution in [0.3, 0.4) is 0 Å². The molecule has 0 atom stereocenters. The van der Waals surface area contributed by atoms with E-state index in [0.717, 1.165) is 16.5 Å². The zero-order valence-corrected chi connectivity index (χ0v) is 11.3. The normalized spacial score (nSPS) is 11.2. The van der Waals surface area contributed by atoms with Crippen LogP contribution in [-0.4, -0.2) is 10.2 Å². The third-order valence-electron chi connectivity index (χ3n) is 3.25. The number of rotatable bonds is 3. The zero-order chi connectivity index (χ0) is 14.7. The molecule has 0 unspecified atom stereocenters. The Kier molecular flexibility index (Phi) is 3.51. The molecule has 3 aromatic rings. The van der Waals surface area contributed by atoms with Crippen LogP contribution in [0, 0.1) is 0 Å². The van der Waals surface area contributed by atoms with Gasteiger partial charge < -0.3 is 10.2 Å². The van der Waals surface area contributed by atoms with Crippen molar-refractivity contribution in [2.75, 3.05) is 0 Å². The Hall–Kier alpha value is -2.88. The van der Waals surface area contributed by atoms with Gasteiger partial charge in [0, 0.05) is 10.9 Å². The Morgan fingerprint density at radius 3 is 2.57 bits per heavy atom. The van der Waals surface area contributed by atoms with Gasteiger partial charge in [-0.1, -0.05) is 36.4 Å². The highest BCUT2D eigenvalue weighted by molar-refractivity contribution is 5.92. The molecule has 0 amide bonds. The highest BCUT2D eigenvalue weighted by Gasteiger charge is 2.02. The highest BCUT2D eigenvalue weighted by Crippen LogP contribution is 2.27. The molecule has 0 radical (unpaired) electrons. The average molecular weight is 278 g/mol. The number of hydrogen-bond acceptors (Lipinski definition) is 4. The van der Waals surface area contributed by atoms with E-state index in [2.05, 4.69) is 10.2 Å². The van der Waals surface area contributed by atoms with Crippen LogP contribution in [0.1, 0.15) is 5.56 Å². The summed E-state index contributed by atoms with van der Waals surface area (Å²) in [5.74, 6) is 0.202. The SMILES string of the molecule is Oc1ccc(O)c(CN=Nc2cccc3ccccc23)c1. The van der Waals surface area contributed by atoms with Crippen molar-refractivity contribution in [3.05, 3.63) is 66.2 Å². The first-order chi connectivity index (χ1) is 10.2. The number of fused-ring (bicyclic) bond motifs is 1. The van der Waals surface area contributed by atoms with Gasteiger partial charge in [0.2, 0.25) is 0 Å². The molecule has 4 heteroatoms. The third kappa shape index (κ3) is 2.84. The maximum absolute atomic E-state index is 9.69. The Balaban J connectivity index is 1.87. The summed E-state index contributed by atoms with van der Waals surface area (Å²) < 4.78 is 0. The van der Waals surface area contributed by atoms with Crippen LogP contribution in [-0.2, 0) is 6.54 Å². The third-order valence-corrected chi connectivity index (χ3v) is 3.25. The monoisotopic (exact) mass is 278 g/mol. The van der Waals surface area contributed by atoms with Gasteiger partial charge in [-0.05, 0) is 29.7 Å². The first-order valence-corrected chi connectivity index (χ1v) is 6.60. The standard InChI is InChI=1S/C17H14N2O2/c20-14-8-9-17(21)13(10-14)11-18-19-16-7-3-5-12-4-1-2-6-15(12)16/h1-10,20-21H,11H2. The number of aromatic hydroxyl groups is 2. The molecule has 3 rings (SSSR count). The lowest BCUT2D eigenvalue weighted by atomic mass is 10.1. The second-order valence-electron chi connectivity index (χ2n) is 4.71. The van der Waals surface area contributed by atoms with Crippen LogP contribution in [0.15, 0.2) is 70.9 Å². The zero-order valence-electron chi connectivity index (χ0n) is 11.3. The van der Waals surface area contributed by atoms with Crippen molar-refractivity contribution in [3.63, 3.8) is 0 Å². The van der Waals surface area contributed by atoms with Gasteiger partial charge >= 0.3 is 0 Å². The van der Waals surface area contributed by atoms with E-state index in [0.29, 0.717) is 5.56 Å². The van der Waals surface area contributed by atoms with E-state index in [1.807, 2.05) is 42.5 Å². The topological polar surface area (TPSA) is 65.2 Å². The molecule has 0 aromatic heterocycles. The summed E-state index contributed by atoms with van der Waals surface area (Å²) in [6.07, 6.45) is 0. The molecule has 0 saturated heterocycles. The molecule has 0 spiro atoms. The molecule has 0 aliphatic heterocycles. The Bertz CT molecular complexity index is 807. The number of phenols is 2. The van der Waals surface area contributed by atoms with Gasteiger partial charge in [-0.2, -0.15) is 10.2 Å². The van der Waals surface area contributed by atoms with Crippen molar-refractivity contribution in [1.82, 2.24) is 0 Å².